The number of aliphatic imine (C=N–C) groups is 1. The highest BCUT2D eigenvalue weighted by atomic mass is 16.5. The van der Waals surface area contributed by atoms with Gasteiger partial charge in [-0.1, -0.05) is 25.1 Å². The fourth-order valence-electron chi connectivity index (χ4n) is 2.97. The van der Waals surface area contributed by atoms with E-state index < -0.39 is 12.0 Å². The molecule has 0 spiro atoms. The Labute approximate surface area is 165 Å². The number of carbonyl (C=O) groups is 1. The first-order chi connectivity index (χ1) is 13.6. The quantitative estimate of drug-likeness (QED) is 0.685. The van der Waals surface area contributed by atoms with Gasteiger partial charge in [0.25, 0.3) is 11.9 Å². The van der Waals surface area contributed by atoms with Crippen LogP contribution in [0.15, 0.2) is 35.3 Å². The summed E-state index contributed by atoms with van der Waals surface area (Å²) in [7, 11) is 0. The number of rotatable bonds is 8. The number of nitrogens with one attached hydrogen (secondary N) is 1. The van der Waals surface area contributed by atoms with Crippen molar-refractivity contribution in [1.29, 1.82) is 0 Å². The molecule has 3 rings (SSSR count). The molecule has 1 atom stereocenters. The summed E-state index contributed by atoms with van der Waals surface area (Å²) in [5.41, 5.74) is 8.21. The number of nitrogens with zero attached hydrogens (tertiary/aromatic N) is 3. The summed E-state index contributed by atoms with van der Waals surface area (Å²) in [5.74, 6) is -0.0508. The van der Waals surface area contributed by atoms with Crippen molar-refractivity contribution in [3.05, 3.63) is 41.6 Å². The highest BCUT2D eigenvalue weighted by Gasteiger charge is 2.15. The number of H-pyrrole nitrogens is 1. The van der Waals surface area contributed by atoms with Crippen LogP contribution in [0.4, 0.5) is 11.5 Å². The Morgan fingerprint density at radius 2 is 2.07 bits per heavy atom. The second-order valence-electron chi connectivity index (χ2n) is 6.80. The largest absolute Gasteiger partial charge is 0.452 e. The number of primary amides is 1. The molecule has 1 fully saturated rings. The third-order valence-electron chi connectivity index (χ3n) is 4.60. The van der Waals surface area contributed by atoms with E-state index in [-0.39, 0.29) is 6.01 Å². The summed E-state index contributed by atoms with van der Waals surface area (Å²) in [4.78, 5) is 25.5. The van der Waals surface area contributed by atoms with Crippen LogP contribution in [0.3, 0.4) is 0 Å². The second kappa shape index (κ2) is 9.21. The number of allylic oxidation sites excluding steroid dienone is 1. The fraction of sp³-hybridized carbons (Fsp3) is 0.381. The maximum absolute atomic E-state index is 11.2. The van der Waals surface area contributed by atoms with Crippen LogP contribution in [-0.2, 0) is 4.79 Å². The van der Waals surface area contributed by atoms with E-state index in [0.29, 0.717) is 5.82 Å². The van der Waals surface area contributed by atoms with E-state index in [0.717, 1.165) is 30.8 Å². The maximum Gasteiger partial charge on any atom is 0.296 e. The topological polar surface area (TPSA) is 96.6 Å². The number of nitrogens with two attached hydrogens (primary N) is 1. The van der Waals surface area contributed by atoms with Crippen molar-refractivity contribution in [2.75, 3.05) is 18.0 Å². The Morgan fingerprint density at radius 3 is 2.71 bits per heavy atom. The van der Waals surface area contributed by atoms with E-state index in [9.17, 15) is 4.79 Å². The number of carbonyl (C=O) groups excluding carboxylic acids is 1. The van der Waals surface area contributed by atoms with Crippen molar-refractivity contribution in [2.45, 2.75) is 39.2 Å². The zero-order valence-electron chi connectivity index (χ0n) is 16.4. The second-order valence-corrected chi connectivity index (χ2v) is 6.80. The lowest BCUT2D eigenvalue weighted by atomic mass is 10.2. The Balaban J connectivity index is 1.76. The van der Waals surface area contributed by atoms with Gasteiger partial charge in [-0.15, -0.1) is 0 Å². The van der Waals surface area contributed by atoms with Gasteiger partial charge in [0.2, 0.25) is 0 Å². The van der Waals surface area contributed by atoms with E-state index in [1.54, 1.807) is 13.1 Å². The van der Waals surface area contributed by atoms with Gasteiger partial charge in [-0.3, -0.25) is 4.79 Å². The molecule has 3 N–H and O–H groups in total. The number of aromatic nitrogens is 2. The third-order valence-corrected chi connectivity index (χ3v) is 4.60. The lowest BCUT2D eigenvalue weighted by Gasteiger charge is -2.17. The summed E-state index contributed by atoms with van der Waals surface area (Å²) >= 11 is 0. The number of imidazole rings is 1. The van der Waals surface area contributed by atoms with Crippen molar-refractivity contribution in [2.24, 2.45) is 10.7 Å². The molecule has 2 aromatic rings. The zero-order chi connectivity index (χ0) is 19.9. The van der Waals surface area contributed by atoms with Crippen LogP contribution in [0.25, 0.3) is 6.08 Å². The molecule has 2 heterocycles. The average molecular weight is 381 g/mol. The van der Waals surface area contributed by atoms with E-state index >= 15 is 0 Å². The van der Waals surface area contributed by atoms with Gasteiger partial charge < -0.3 is 20.4 Å². The lowest BCUT2D eigenvalue weighted by Crippen LogP contribution is -2.30. The highest BCUT2D eigenvalue weighted by molar-refractivity contribution is 5.83. The van der Waals surface area contributed by atoms with Gasteiger partial charge >= 0.3 is 0 Å². The molecule has 1 aromatic heterocycles. The third kappa shape index (κ3) is 5.00. The Morgan fingerprint density at radius 1 is 1.36 bits per heavy atom. The molecule has 0 radical (unpaired) electrons. The molecule has 1 aromatic carbocycles. The smallest absolute Gasteiger partial charge is 0.296 e. The molecule has 1 saturated heterocycles. The number of anilines is 1. The number of hydrogen-bond acceptors (Lipinski definition) is 5. The summed E-state index contributed by atoms with van der Waals surface area (Å²) in [6, 6.07) is 8.57. The van der Waals surface area contributed by atoms with Crippen molar-refractivity contribution >= 4 is 29.7 Å². The van der Waals surface area contributed by atoms with Gasteiger partial charge in [0.1, 0.15) is 0 Å². The predicted octanol–water partition coefficient (Wildman–Crippen LogP) is 3.44. The van der Waals surface area contributed by atoms with Gasteiger partial charge in [0.05, 0.1) is 5.69 Å². The molecule has 1 unspecified atom stereocenters. The number of ether oxygens (including phenoxy) is 1. The molecule has 0 aliphatic carbocycles. The molecule has 7 heteroatoms. The van der Waals surface area contributed by atoms with E-state index in [2.05, 4.69) is 44.1 Å². The van der Waals surface area contributed by atoms with Crippen molar-refractivity contribution in [3.63, 3.8) is 0 Å². The van der Waals surface area contributed by atoms with Gasteiger partial charge in [-0.05, 0) is 50.0 Å². The predicted molar refractivity (Wildman–Crippen MR) is 112 cm³/mol. The number of aromatic amines is 1. The summed E-state index contributed by atoms with van der Waals surface area (Å²) < 4.78 is 5.45. The lowest BCUT2D eigenvalue weighted by molar-refractivity contribution is -0.124. The van der Waals surface area contributed by atoms with Gasteiger partial charge in [-0.25, -0.2) is 4.99 Å². The SMILES string of the molecule is CC/C=C/c1[nH]c(OC(C)C(N)=O)nc1/N=C/c1ccc(N2CCCC2)cc1. The molecule has 0 saturated carbocycles. The number of benzene rings is 1. The highest BCUT2D eigenvalue weighted by Crippen LogP contribution is 2.23. The van der Waals surface area contributed by atoms with Crippen molar-refractivity contribution in [1.82, 2.24) is 9.97 Å². The van der Waals surface area contributed by atoms with E-state index in [4.69, 9.17) is 10.5 Å². The summed E-state index contributed by atoms with van der Waals surface area (Å²) in [5, 5.41) is 0. The molecular formula is C21H27N5O2. The summed E-state index contributed by atoms with van der Waals surface area (Å²) in [6.45, 7) is 5.88. The van der Waals surface area contributed by atoms with E-state index in [1.165, 1.54) is 18.5 Å². The monoisotopic (exact) mass is 381 g/mol. The molecule has 148 valence electrons. The van der Waals surface area contributed by atoms with E-state index in [1.807, 2.05) is 19.1 Å². The van der Waals surface area contributed by atoms with Crippen molar-refractivity contribution in [3.8, 4) is 6.01 Å². The number of amides is 1. The molecule has 1 amide bonds. The standard InChI is InChI=1S/C21H27N5O2/c1-3-4-7-18-20(25-21(24-18)28-15(2)19(22)27)23-14-16-8-10-17(11-9-16)26-12-5-6-13-26/h4,7-11,14-15H,3,5-6,12-13H2,1-2H3,(H2,22,27)(H,24,25)/b7-4+,23-14+. The molecule has 0 bridgehead atoms. The first kappa shape index (κ1) is 19.7. The van der Waals surface area contributed by atoms with Crippen LogP contribution < -0.4 is 15.4 Å². The molecular weight excluding hydrogens is 354 g/mol. The maximum atomic E-state index is 11.2. The minimum atomic E-state index is -0.774. The Bertz CT molecular complexity index is 848. The Hall–Kier alpha value is -3.09. The van der Waals surface area contributed by atoms with Crippen LogP contribution >= 0.6 is 0 Å². The Kier molecular flexibility index (Phi) is 6.47. The van der Waals surface area contributed by atoms with Crippen molar-refractivity contribution < 1.29 is 9.53 Å². The minimum absolute atomic E-state index is 0.221. The van der Waals surface area contributed by atoms with Crippen LogP contribution in [0, 0.1) is 0 Å². The van der Waals surface area contributed by atoms with Gasteiger partial charge in [-0.2, -0.15) is 4.98 Å². The zero-order valence-corrected chi connectivity index (χ0v) is 16.4. The van der Waals surface area contributed by atoms with Crippen LogP contribution in [-0.4, -0.2) is 41.3 Å². The van der Waals surface area contributed by atoms with Crippen LogP contribution in [0.5, 0.6) is 6.01 Å². The van der Waals surface area contributed by atoms with Gasteiger partial charge in [0, 0.05) is 25.0 Å². The fourth-order valence-corrected chi connectivity index (χ4v) is 2.97. The molecule has 1 aliphatic rings. The van der Waals surface area contributed by atoms with Crippen LogP contribution in [0.2, 0.25) is 0 Å². The van der Waals surface area contributed by atoms with Crippen LogP contribution in [0.1, 0.15) is 44.4 Å². The molecule has 1 aliphatic heterocycles. The van der Waals surface area contributed by atoms with Gasteiger partial charge in [0.15, 0.2) is 11.9 Å². The average Bonchev–Trinajstić information content (AvgIpc) is 3.35. The first-order valence-corrected chi connectivity index (χ1v) is 9.68. The molecule has 7 nitrogen and oxygen atoms in total. The molecule has 28 heavy (non-hydrogen) atoms. The first-order valence-electron chi connectivity index (χ1n) is 9.68. The minimum Gasteiger partial charge on any atom is -0.452 e. The summed E-state index contributed by atoms with van der Waals surface area (Å²) in [6.07, 6.45) is 8.30. The number of hydrogen-bond donors (Lipinski definition) is 2. The normalized spacial score (nSPS) is 15.6.